The van der Waals surface area contributed by atoms with Crippen molar-refractivity contribution in [1.29, 1.82) is 0 Å². The van der Waals surface area contributed by atoms with Gasteiger partial charge in [-0.15, -0.1) is 0 Å². The number of ether oxygens (including phenoxy) is 1. The molecule has 0 aromatic heterocycles. The van der Waals surface area contributed by atoms with Gasteiger partial charge in [-0.05, 0) is 79.5 Å². The number of benzene rings is 2. The van der Waals surface area contributed by atoms with E-state index in [4.69, 9.17) is 4.74 Å². The van der Waals surface area contributed by atoms with Crippen LogP contribution in [0.25, 0.3) is 11.1 Å². The Balaban J connectivity index is 0.00000507. The molecule has 0 spiro atoms. The first-order valence-electron chi connectivity index (χ1n) is 12.7. The van der Waals surface area contributed by atoms with Gasteiger partial charge in [0.1, 0.15) is 6.04 Å². The number of thioether (sulfide) groups is 1. The molecule has 2 aromatic carbocycles. The first-order chi connectivity index (χ1) is 17.8. The van der Waals surface area contributed by atoms with Crippen LogP contribution in [-0.4, -0.2) is 90.6 Å². The molecule has 1 aliphatic rings. The number of aliphatic carboxylic acids is 1. The van der Waals surface area contributed by atoms with Crippen LogP contribution >= 0.6 is 11.8 Å². The van der Waals surface area contributed by atoms with Gasteiger partial charge in [0.05, 0.1) is 6.61 Å². The Labute approximate surface area is 241 Å². The van der Waals surface area contributed by atoms with E-state index in [2.05, 4.69) is 10.6 Å². The first-order valence-corrected chi connectivity index (χ1v) is 14.1. The molecule has 1 fully saturated rings. The summed E-state index contributed by atoms with van der Waals surface area (Å²) in [6.45, 7) is 6.12. The van der Waals surface area contributed by atoms with E-state index in [-0.39, 0.29) is 31.0 Å². The fraction of sp³-hybridized carbons (Fsp3) is 0.464. The van der Waals surface area contributed by atoms with E-state index >= 15 is 0 Å². The number of carbonyl (C=O) groups excluding carboxylic acids is 2. The second-order valence-corrected chi connectivity index (χ2v) is 10.2. The number of rotatable bonds is 11. The molecule has 1 saturated heterocycles. The first kappa shape index (κ1) is 31.8. The third kappa shape index (κ3) is 8.81. The van der Waals surface area contributed by atoms with Gasteiger partial charge in [-0.25, -0.2) is 9.59 Å². The number of piperidine rings is 1. The number of carbonyl (C=O) groups is 3. The zero-order chi connectivity index (χ0) is 26.8. The quantitative estimate of drug-likeness (QED) is 0.377. The molecule has 3 N–H and O–H groups in total. The minimum absolute atomic E-state index is 0. The molecule has 1 unspecified atom stereocenters. The second-order valence-electron chi connectivity index (χ2n) is 9.18. The molecular formula is C28H38LiN3O5S. The number of carboxylic acid groups (broad SMARTS) is 1. The van der Waals surface area contributed by atoms with Gasteiger partial charge in [-0.1, -0.05) is 30.3 Å². The van der Waals surface area contributed by atoms with Crippen molar-refractivity contribution < 1.29 is 24.2 Å². The molecule has 2 amide bonds. The van der Waals surface area contributed by atoms with Crippen molar-refractivity contribution in [2.45, 2.75) is 51.7 Å². The summed E-state index contributed by atoms with van der Waals surface area (Å²) in [5, 5.41) is 15.9. The van der Waals surface area contributed by atoms with Crippen molar-refractivity contribution in [3.63, 3.8) is 0 Å². The van der Waals surface area contributed by atoms with Crippen LogP contribution in [0.15, 0.2) is 42.5 Å². The molecule has 1 heterocycles. The van der Waals surface area contributed by atoms with Crippen molar-refractivity contribution in [3.05, 3.63) is 59.2 Å². The number of aryl methyl sites for hydroxylation is 1. The molecular weight excluding hydrogens is 497 g/mol. The number of hydrogen-bond acceptors (Lipinski definition) is 6. The van der Waals surface area contributed by atoms with E-state index in [0.717, 1.165) is 35.1 Å². The van der Waals surface area contributed by atoms with Crippen LogP contribution in [0, 0.1) is 6.92 Å². The van der Waals surface area contributed by atoms with Crippen LogP contribution in [0.5, 0.6) is 0 Å². The van der Waals surface area contributed by atoms with Crippen LogP contribution in [-0.2, 0) is 16.1 Å². The summed E-state index contributed by atoms with van der Waals surface area (Å²) in [5.41, 5.74) is 4.23. The summed E-state index contributed by atoms with van der Waals surface area (Å²) in [7, 11) is 0. The Morgan fingerprint density at radius 2 is 1.84 bits per heavy atom. The number of hydrogen-bond donors (Lipinski definition) is 3. The van der Waals surface area contributed by atoms with Gasteiger partial charge < -0.3 is 25.4 Å². The number of nitrogens with zero attached hydrogens (tertiary/aromatic N) is 1. The summed E-state index contributed by atoms with van der Waals surface area (Å²) in [4.78, 5) is 38.6. The van der Waals surface area contributed by atoms with E-state index in [9.17, 15) is 19.5 Å². The van der Waals surface area contributed by atoms with Crippen LogP contribution in [0.2, 0.25) is 0 Å². The predicted molar refractivity (Wildman–Crippen MR) is 154 cm³/mol. The molecule has 8 nitrogen and oxygen atoms in total. The van der Waals surface area contributed by atoms with E-state index in [0.29, 0.717) is 44.0 Å². The minimum atomic E-state index is -1.03. The Bertz CT molecular complexity index is 1090. The fourth-order valence-corrected chi connectivity index (χ4v) is 4.94. The van der Waals surface area contributed by atoms with Crippen LogP contribution in [0.3, 0.4) is 0 Å². The summed E-state index contributed by atoms with van der Waals surface area (Å²) < 4.78 is 5.10. The number of nitrogens with one attached hydrogen (secondary N) is 2. The monoisotopic (exact) mass is 535 g/mol. The molecule has 3 rings (SSSR count). The summed E-state index contributed by atoms with van der Waals surface area (Å²) in [6, 6.07) is 12.9. The molecule has 0 saturated carbocycles. The van der Waals surface area contributed by atoms with Crippen molar-refractivity contribution >= 4 is 48.6 Å². The SMILES string of the molecule is CCOC(=O)N1CCC(NCc2ccc(C(=O)NC(CCSC)C(=O)O)c(-c3ccccc3C)c2)CC1.[LiH]. The molecule has 1 atom stereocenters. The molecule has 2 aromatic rings. The van der Waals surface area contributed by atoms with Gasteiger partial charge >= 0.3 is 30.9 Å². The average molecular weight is 536 g/mol. The third-order valence-electron chi connectivity index (χ3n) is 6.59. The molecule has 0 bridgehead atoms. The van der Waals surface area contributed by atoms with Gasteiger partial charge in [-0.3, -0.25) is 4.79 Å². The van der Waals surface area contributed by atoms with Crippen LogP contribution in [0.4, 0.5) is 4.79 Å². The molecule has 202 valence electrons. The van der Waals surface area contributed by atoms with Gasteiger partial charge in [-0.2, -0.15) is 11.8 Å². The van der Waals surface area contributed by atoms with Gasteiger partial charge in [0.15, 0.2) is 0 Å². The number of carboxylic acids is 1. The molecule has 10 heteroatoms. The van der Waals surface area contributed by atoms with E-state index in [1.165, 1.54) is 0 Å². The maximum absolute atomic E-state index is 13.2. The van der Waals surface area contributed by atoms with Crippen molar-refractivity contribution in [1.82, 2.24) is 15.5 Å². The Morgan fingerprint density at radius 3 is 2.47 bits per heavy atom. The summed E-state index contributed by atoms with van der Waals surface area (Å²) >= 11 is 1.55. The van der Waals surface area contributed by atoms with Gasteiger partial charge in [0.2, 0.25) is 0 Å². The Morgan fingerprint density at radius 1 is 1.13 bits per heavy atom. The van der Waals surface area contributed by atoms with Crippen LogP contribution in [0.1, 0.15) is 47.7 Å². The van der Waals surface area contributed by atoms with Crippen LogP contribution < -0.4 is 10.6 Å². The van der Waals surface area contributed by atoms with E-state index in [1.807, 2.05) is 56.5 Å². The van der Waals surface area contributed by atoms with E-state index < -0.39 is 17.9 Å². The Kier molecular flexibility index (Phi) is 13.2. The topological polar surface area (TPSA) is 108 Å². The maximum atomic E-state index is 13.2. The normalized spacial score (nSPS) is 14.3. The molecule has 38 heavy (non-hydrogen) atoms. The standard InChI is InChI=1S/C28H37N3O5S.Li.H/c1-4-36-28(35)31-14-11-21(12-15-31)29-18-20-9-10-23(24(17-20)22-8-6-5-7-19(22)2)26(32)30-25(27(33)34)13-16-37-3;;/h5-10,17,21,25,29H,4,11-16,18H2,1-3H3,(H,30,32)(H,33,34);;. The second kappa shape index (κ2) is 15.8. The average Bonchev–Trinajstić information content (AvgIpc) is 2.90. The fourth-order valence-electron chi connectivity index (χ4n) is 4.47. The zero-order valence-corrected chi connectivity index (χ0v) is 22.6. The number of likely N-dealkylation sites (tertiary alicyclic amines) is 1. The van der Waals surface area contributed by atoms with Crippen molar-refractivity contribution in [2.24, 2.45) is 0 Å². The predicted octanol–water partition coefficient (Wildman–Crippen LogP) is 3.66. The third-order valence-corrected chi connectivity index (χ3v) is 7.24. The van der Waals surface area contributed by atoms with Crippen molar-refractivity contribution in [3.8, 4) is 11.1 Å². The van der Waals surface area contributed by atoms with Gasteiger partial charge in [0, 0.05) is 31.2 Å². The molecule has 0 radical (unpaired) electrons. The van der Waals surface area contributed by atoms with Crippen molar-refractivity contribution in [2.75, 3.05) is 31.7 Å². The summed E-state index contributed by atoms with van der Waals surface area (Å²) in [5.74, 6) is -0.780. The van der Waals surface area contributed by atoms with E-state index in [1.54, 1.807) is 22.7 Å². The molecule has 1 aliphatic heterocycles. The van der Waals surface area contributed by atoms with Gasteiger partial charge in [0.25, 0.3) is 5.91 Å². The number of amides is 2. The molecule has 0 aliphatic carbocycles. The summed E-state index contributed by atoms with van der Waals surface area (Å²) in [6.07, 6.45) is 3.70. The zero-order valence-electron chi connectivity index (χ0n) is 21.8. The Hall–Kier alpha value is -2.44.